The van der Waals surface area contributed by atoms with Gasteiger partial charge in [-0.05, 0) is 158 Å². The first-order chi connectivity index (χ1) is 26.5. The Labute approximate surface area is 318 Å². The van der Waals surface area contributed by atoms with Crippen molar-refractivity contribution in [3.8, 4) is 33.4 Å². The normalized spacial score (nSPS) is 27.8. The first-order valence-electron chi connectivity index (χ1n) is 20.3. The minimum Gasteiger partial charge on any atom is -0.310 e. The van der Waals surface area contributed by atoms with E-state index < -0.39 is 0 Å². The Balaban J connectivity index is 1.05. The summed E-state index contributed by atoms with van der Waals surface area (Å²) in [5.41, 5.74) is 18.8. The van der Waals surface area contributed by atoms with Crippen LogP contribution >= 0.6 is 0 Å². The van der Waals surface area contributed by atoms with E-state index in [4.69, 9.17) is 0 Å². The molecule has 6 atom stereocenters. The first-order valence-corrected chi connectivity index (χ1v) is 20.3. The Bertz CT molecular complexity index is 2760. The molecule has 0 aromatic heterocycles. The van der Waals surface area contributed by atoms with Gasteiger partial charge < -0.3 is 4.90 Å². The zero-order valence-corrected chi connectivity index (χ0v) is 31.0. The summed E-state index contributed by atoms with van der Waals surface area (Å²) in [6.45, 7) is 4.79. The topological polar surface area (TPSA) is 3.24 Å². The average Bonchev–Trinajstić information content (AvgIpc) is 3.90. The maximum absolute atomic E-state index is 2.59. The van der Waals surface area contributed by atoms with Crippen LogP contribution in [0.4, 0.5) is 17.1 Å². The summed E-state index contributed by atoms with van der Waals surface area (Å²) in [6, 6.07) is 58.2. The summed E-state index contributed by atoms with van der Waals surface area (Å²) >= 11 is 0. The lowest BCUT2D eigenvalue weighted by atomic mass is 9.27. The summed E-state index contributed by atoms with van der Waals surface area (Å²) in [5.74, 6) is 3.47. The molecule has 0 amide bonds. The molecule has 4 saturated carbocycles. The lowest BCUT2D eigenvalue weighted by Crippen LogP contribution is -2.73. The zero-order chi connectivity index (χ0) is 35.6. The van der Waals surface area contributed by atoms with Crippen LogP contribution in [0.2, 0.25) is 0 Å². The van der Waals surface area contributed by atoms with Crippen molar-refractivity contribution in [1.29, 1.82) is 0 Å². The summed E-state index contributed by atoms with van der Waals surface area (Å²) in [6.07, 6.45) is 5.82. The monoisotopic (exact) mass is 693 g/mol. The third-order valence-corrected chi connectivity index (χ3v) is 15.9. The van der Waals surface area contributed by atoms with Gasteiger partial charge in [-0.2, -0.15) is 0 Å². The predicted molar refractivity (Wildman–Crippen MR) is 223 cm³/mol. The van der Waals surface area contributed by atoms with E-state index in [0.717, 1.165) is 23.7 Å². The van der Waals surface area contributed by atoms with Gasteiger partial charge in [0.15, 0.2) is 0 Å². The molecule has 0 N–H and O–H groups in total. The fourth-order valence-electron chi connectivity index (χ4n) is 14.0. The van der Waals surface area contributed by atoms with Gasteiger partial charge in [0.2, 0.25) is 0 Å². The van der Waals surface area contributed by atoms with Gasteiger partial charge in [0, 0.05) is 27.9 Å². The molecule has 0 heterocycles. The van der Waals surface area contributed by atoms with Crippen molar-refractivity contribution < 1.29 is 0 Å². The van der Waals surface area contributed by atoms with E-state index in [9.17, 15) is 0 Å². The van der Waals surface area contributed by atoms with Crippen molar-refractivity contribution in [1.82, 2.24) is 0 Å². The third-order valence-electron chi connectivity index (χ3n) is 15.9. The van der Waals surface area contributed by atoms with E-state index in [1.54, 1.807) is 11.1 Å². The molecule has 6 aliphatic carbocycles. The van der Waals surface area contributed by atoms with Crippen LogP contribution < -0.4 is 4.90 Å². The Morgan fingerprint density at radius 3 is 2.06 bits per heavy atom. The molecular weight excluding hydrogens is 651 g/mol. The molecular formula is C53H43N. The van der Waals surface area contributed by atoms with Crippen LogP contribution in [0.1, 0.15) is 61.8 Å². The first kappa shape index (κ1) is 30.0. The SMILES string of the molecule is CC1(C)c2ccccc2-c2ccc(N(c3ccc4c(c3)-c3c(-c5ccccc5)cccc3C43C4CC5CC6CC3C64C5)c3ccc4ccccc4c3)cc21. The highest BCUT2D eigenvalue weighted by Gasteiger charge is 2.84. The molecule has 6 aliphatic rings. The second-order valence-electron chi connectivity index (χ2n) is 18.2. The maximum atomic E-state index is 2.59. The van der Waals surface area contributed by atoms with Crippen LogP contribution in [0.25, 0.3) is 44.2 Å². The molecule has 1 nitrogen and oxygen atoms in total. The summed E-state index contributed by atoms with van der Waals surface area (Å²) in [4.78, 5) is 2.54. The predicted octanol–water partition coefficient (Wildman–Crippen LogP) is 13.6. The molecule has 260 valence electrons. The molecule has 2 bridgehead atoms. The van der Waals surface area contributed by atoms with Crippen LogP contribution in [0.5, 0.6) is 0 Å². The van der Waals surface area contributed by atoms with Crippen molar-refractivity contribution in [2.45, 2.75) is 50.4 Å². The van der Waals surface area contributed by atoms with E-state index in [1.165, 1.54) is 98.0 Å². The van der Waals surface area contributed by atoms with Gasteiger partial charge in [-0.1, -0.05) is 129 Å². The average molecular weight is 694 g/mol. The quantitative estimate of drug-likeness (QED) is 0.177. The van der Waals surface area contributed by atoms with E-state index in [1.807, 2.05) is 0 Å². The van der Waals surface area contributed by atoms with Gasteiger partial charge in [-0.25, -0.2) is 0 Å². The summed E-state index contributed by atoms with van der Waals surface area (Å²) < 4.78 is 0. The highest BCUT2D eigenvalue weighted by Crippen LogP contribution is 2.89. The molecule has 13 rings (SSSR count). The minimum absolute atomic E-state index is 0.0771. The molecule has 0 radical (unpaired) electrons. The number of rotatable bonds is 4. The highest BCUT2D eigenvalue weighted by atomic mass is 15.1. The van der Waals surface area contributed by atoms with Gasteiger partial charge >= 0.3 is 0 Å². The lowest BCUT2D eigenvalue weighted by Gasteiger charge is -2.76. The van der Waals surface area contributed by atoms with Crippen molar-refractivity contribution in [3.05, 3.63) is 174 Å². The Morgan fingerprint density at radius 2 is 1.17 bits per heavy atom. The molecule has 7 aromatic carbocycles. The second kappa shape index (κ2) is 10.0. The molecule has 0 aliphatic heterocycles. The Hall–Kier alpha value is -5.40. The van der Waals surface area contributed by atoms with Gasteiger partial charge in [0.25, 0.3) is 0 Å². The third kappa shape index (κ3) is 3.41. The highest BCUT2D eigenvalue weighted by molar-refractivity contribution is 5.97. The molecule has 6 unspecified atom stereocenters. The van der Waals surface area contributed by atoms with Gasteiger partial charge in [0.1, 0.15) is 0 Å². The van der Waals surface area contributed by atoms with Gasteiger partial charge in [-0.3, -0.25) is 0 Å². The van der Waals surface area contributed by atoms with E-state index >= 15 is 0 Å². The molecule has 54 heavy (non-hydrogen) atoms. The number of fused-ring (bicyclic) bond motifs is 12. The Kier molecular flexibility index (Phi) is 5.56. The van der Waals surface area contributed by atoms with E-state index in [-0.39, 0.29) is 10.8 Å². The molecule has 1 heteroatoms. The van der Waals surface area contributed by atoms with Crippen molar-refractivity contribution in [2.24, 2.45) is 29.1 Å². The molecule has 4 fully saturated rings. The fourth-order valence-corrected chi connectivity index (χ4v) is 14.0. The second-order valence-corrected chi connectivity index (χ2v) is 18.2. The molecule has 0 saturated heterocycles. The number of hydrogen-bond acceptors (Lipinski definition) is 1. The van der Waals surface area contributed by atoms with Crippen LogP contribution in [0.15, 0.2) is 152 Å². The van der Waals surface area contributed by atoms with Crippen LogP contribution in [-0.4, -0.2) is 0 Å². The van der Waals surface area contributed by atoms with Gasteiger partial charge in [0.05, 0.1) is 0 Å². The largest absolute Gasteiger partial charge is 0.310 e. The number of hydrogen-bond donors (Lipinski definition) is 0. The van der Waals surface area contributed by atoms with E-state index in [0.29, 0.717) is 5.41 Å². The molecule has 2 spiro atoms. The maximum Gasteiger partial charge on any atom is 0.0468 e. The number of benzene rings is 7. The lowest BCUT2D eigenvalue weighted by molar-refractivity contribution is -0.231. The van der Waals surface area contributed by atoms with Crippen LogP contribution in [-0.2, 0) is 10.8 Å². The standard InChI is InChI=1S/C53H43N/c1-51(2)44-17-9-8-15-41(44)42-23-21-39(30-47(42)51)54(37-20-19-33-11-6-7-14-35(33)27-37)38-22-24-45-43(29-38)50-40(34-12-4-3-5-13-34)16-10-18-46(50)53(45)48-26-32-25-36-28-49(53)52(36,48)31-32/h3-24,27,29-30,32,36,48-49H,25-26,28,31H2,1-2H3. The number of nitrogens with zero attached hydrogens (tertiary/aromatic N) is 1. The zero-order valence-electron chi connectivity index (χ0n) is 31.0. The van der Waals surface area contributed by atoms with Crippen molar-refractivity contribution >= 4 is 27.8 Å². The smallest absolute Gasteiger partial charge is 0.0468 e. The van der Waals surface area contributed by atoms with E-state index in [2.05, 4.69) is 170 Å². The van der Waals surface area contributed by atoms with Gasteiger partial charge in [-0.15, -0.1) is 0 Å². The van der Waals surface area contributed by atoms with Crippen LogP contribution in [0.3, 0.4) is 0 Å². The minimum atomic E-state index is -0.0771. The number of anilines is 3. The Morgan fingerprint density at radius 1 is 0.481 bits per heavy atom. The summed E-state index contributed by atoms with van der Waals surface area (Å²) in [7, 11) is 0. The van der Waals surface area contributed by atoms with Crippen molar-refractivity contribution in [2.75, 3.05) is 4.90 Å². The fraction of sp³-hybridized carbons (Fsp3) is 0.245. The molecule has 7 aromatic rings. The van der Waals surface area contributed by atoms with Crippen LogP contribution in [0, 0.1) is 29.1 Å². The summed E-state index contributed by atoms with van der Waals surface area (Å²) in [5, 5.41) is 2.54. The van der Waals surface area contributed by atoms with Crippen molar-refractivity contribution in [3.63, 3.8) is 0 Å².